The van der Waals surface area contributed by atoms with Crippen molar-refractivity contribution in [2.24, 2.45) is 5.92 Å². The molecule has 0 aliphatic rings. The summed E-state index contributed by atoms with van der Waals surface area (Å²) in [5.74, 6) is 2.08. The minimum atomic E-state index is 0.0924. The van der Waals surface area contributed by atoms with Crippen LogP contribution in [0, 0.1) is 5.92 Å². The molecule has 3 unspecified atom stereocenters. The second kappa shape index (κ2) is 7.79. The number of fused-ring (bicyclic) bond motifs is 2. The van der Waals surface area contributed by atoms with Crippen LogP contribution in [0.2, 0.25) is 0 Å². The van der Waals surface area contributed by atoms with Gasteiger partial charge in [0, 0.05) is 12.3 Å². The molecule has 4 nitrogen and oxygen atoms in total. The molecular weight excluding hydrogens is 372 g/mol. The van der Waals surface area contributed by atoms with Crippen LogP contribution in [0.15, 0.2) is 87.7 Å². The van der Waals surface area contributed by atoms with Gasteiger partial charge in [-0.2, -0.15) is 0 Å². The van der Waals surface area contributed by atoms with Gasteiger partial charge in [0.25, 0.3) is 0 Å². The van der Waals surface area contributed by atoms with Crippen molar-refractivity contribution in [1.82, 2.24) is 9.97 Å². The molecule has 0 N–H and O–H groups in total. The van der Waals surface area contributed by atoms with Gasteiger partial charge in [-0.25, -0.2) is 9.97 Å². The van der Waals surface area contributed by atoms with Crippen molar-refractivity contribution in [3.63, 3.8) is 0 Å². The minimum Gasteiger partial charge on any atom is -0.441 e. The van der Waals surface area contributed by atoms with Crippen LogP contribution in [0.3, 0.4) is 0 Å². The van der Waals surface area contributed by atoms with Crippen molar-refractivity contribution in [3.8, 4) is 0 Å². The third-order valence-corrected chi connectivity index (χ3v) is 5.91. The van der Waals surface area contributed by atoms with E-state index >= 15 is 0 Å². The molecule has 3 aromatic carbocycles. The Morgan fingerprint density at radius 3 is 1.97 bits per heavy atom. The van der Waals surface area contributed by atoms with Gasteiger partial charge in [-0.1, -0.05) is 68.4 Å². The summed E-state index contributed by atoms with van der Waals surface area (Å²) in [5.41, 5.74) is 4.72. The molecule has 0 fully saturated rings. The Bertz CT molecular complexity index is 1210. The number of oxazole rings is 2. The molecule has 5 aromatic rings. The Morgan fingerprint density at radius 2 is 1.30 bits per heavy atom. The van der Waals surface area contributed by atoms with Crippen LogP contribution in [0.4, 0.5) is 0 Å². The van der Waals surface area contributed by atoms with Crippen LogP contribution >= 0.6 is 0 Å². The maximum atomic E-state index is 6.23. The van der Waals surface area contributed by atoms with Gasteiger partial charge in [0.1, 0.15) is 11.0 Å². The summed E-state index contributed by atoms with van der Waals surface area (Å²) in [4.78, 5) is 9.53. The SMILES string of the molecule is CC(Cc1nc2ccccc2o1)C(c1nc2ccccc2o1)C(C)c1ccccc1. The summed E-state index contributed by atoms with van der Waals surface area (Å²) in [6.45, 7) is 4.48. The van der Waals surface area contributed by atoms with Crippen molar-refractivity contribution in [2.75, 3.05) is 0 Å². The lowest BCUT2D eigenvalue weighted by atomic mass is 9.78. The van der Waals surface area contributed by atoms with Gasteiger partial charge in [0.05, 0.1) is 0 Å². The average Bonchev–Trinajstić information content (AvgIpc) is 3.37. The van der Waals surface area contributed by atoms with E-state index in [2.05, 4.69) is 43.1 Å². The van der Waals surface area contributed by atoms with Crippen LogP contribution in [0.25, 0.3) is 22.2 Å². The first-order valence-corrected chi connectivity index (χ1v) is 10.4. The molecule has 2 heterocycles. The van der Waals surface area contributed by atoms with Gasteiger partial charge in [0.2, 0.25) is 0 Å². The number of rotatable bonds is 6. The van der Waals surface area contributed by atoms with Crippen LogP contribution in [-0.4, -0.2) is 9.97 Å². The zero-order valence-corrected chi connectivity index (χ0v) is 17.2. The monoisotopic (exact) mass is 396 g/mol. The Balaban J connectivity index is 1.52. The standard InChI is InChI=1S/C26H24N2O2/c1-17(16-24-27-20-12-6-8-14-22(20)29-24)25(18(2)19-10-4-3-5-11-19)26-28-21-13-7-9-15-23(21)30-26/h3-15,17-18,25H,16H2,1-2H3. The van der Waals surface area contributed by atoms with E-state index in [1.54, 1.807) is 0 Å². The first-order chi connectivity index (χ1) is 14.7. The Morgan fingerprint density at radius 1 is 0.700 bits per heavy atom. The van der Waals surface area contributed by atoms with Crippen LogP contribution < -0.4 is 0 Å². The zero-order chi connectivity index (χ0) is 20.5. The van der Waals surface area contributed by atoms with E-state index in [0.717, 1.165) is 40.4 Å². The molecule has 150 valence electrons. The lowest BCUT2D eigenvalue weighted by Crippen LogP contribution is -2.19. The fraction of sp³-hybridized carbons (Fsp3) is 0.231. The first kappa shape index (κ1) is 18.6. The largest absolute Gasteiger partial charge is 0.441 e. The number of para-hydroxylation sites is 4. The number of hydrogen-bond acceptors (Lipinski definition) is 4. The van der Waals surface area contributed by atoms with E-state index in [1.807, 2.05) is 54.6 Å². The number of hydrogen-bond donors (Lipinski definition) is 0. The molecule has 2 aromatic heterocycles. The fourth-order valence-corrected chi connectivity index (χ4v) is 4.36. The summed E-state index contributed by atoms with van der Waals surface area (Å²) in [7, 11) is 0. The van der Waals surface area contributed by atoms with E-state index in [1.165, 1.54) is 5.56 Å². The minimum absolute atomic E-state index is 0.0924. The van der Waals surface area contributed by atoms with E-state index in [0.29, 0.717) is 0 Å². The molecule has 0 saturated heterocycles. The number of nitrogens with zero attached hydrogens (tertiary/aromatic N) is 2. The molecule has 0 amide bonds. The second-order valence-electron chi connectivity index (χ2n) is 8.00. The highest BCUT2D eigenvalue weighted by Gasteiger charge is 2.32. The molecule has 0 radical (unpaired) electrons. The molecule has 5 rings (SSSR count). The molecule has 0 spiro atoms. The Kier molecular flexibility index (Phi) is 4.83. The lowest BCUT2D eigenvalue weighted by Gasteiger charge is -2.27. The maximum Gasteiger partial charge on any atom is 0.199 e. The molecule has 30 heavy (non-hydrogen) atoms. The molecule has 0 bridgehead atoms. The topological polar surface area (TPSA) is 52.1 Å². The predicted octanol–water partition coefficient (Wildman–Crippen LogP) is 6.74. The van der Waals surface area contributed by atoms with Crippen LogP contribution in [0.1, 0.15) is 43.0 Å². The highest BCUT2D eigenvalue weighted by molar-refractivity contribution is 5.72. The van der Waals surface area contributed by atoms with Crippen LogP contribution in [0.5, 0.6) is 0 Å². The van der Waals surface area contributed by atoms with Crippen molar-refractivity contribution < 1.29 is 8.83 Å². The van der Waals surface area contributed by atoms with Crippen molar-refractivity contribution in [1.29, 1.82) is 0 Å². The normalized spacial score (nSPS) is 14.7. The van der Waals surface area contributed by atoms with E-state index in [-0.39, 0.29) is 17.8 Å². The lowest BCUT2D eigenvalue weighted by molar-refractivity contribution is 0.320. The second-order valence-corrected chi connectivity index (χ2v) is 8.00. The van der Waals surface area contributed by atoms with Gasteiger partial charge < -0.3 is 8.83 Å². The summed E-state index contributed by atoms with van der Waals surface area (Å²) < 4.78 is 12.2. The Hall–Kier alpha value is -3.40. The zero-order valence-electron chi connectivity index (χ0n) is 17.2. The third-order valence-electron chi connectivity index (χ3n) is 5.91. The smallest absolute Gasteiger partial charge is 0.199 e. The van der Waals surface area contributed by atoms with Gasteiger partial charge in [-0.15, -0.1) is 0 Å². The van der Waals surface area contributed by atoms with Gasteiger partial charge in [0.15, 0.2) is 22.9 Å². The highest BCUT2D eigenvalue weighted by atomic mass is 16.4. The highest BCUT2D eigenvalue weighted by Crippen LogP contribution is 2.40. The molecule has 0 aliphatic carbocycles. The molecule has 3 atom stereocenters. The predicted molar refractivity (Wildman–Crippen MR) is 118 cm³/mol. The quantitative estimate of drug-likeness (QED) is 0.319. The Labute approximate surface area is 175 Å². The number of benzene rings is 3. The summed E-state index contributed by atoms with van der Waals surface area (Å²) >= 11 is 0. The summed E-state index contributed by atoms with van der Waals surface area (Å²) in [5, 5.41) is 0. The molecular formula is C26H24N2O2. The average molecular weight is 396 g/mol. The van der Waals surface area contributed by atoms with E-state index in [9.17, 15) is 0 Å². The van der Waals surface area contributed by atoms with Gasteiger partial charge >= 0.3 is 0 Å². The third kappa shape index (κ3) is 3.50. The van der Waals surface area contributed by atoms with E-state index in [4.69, 9.17) is 13.8 Å². The summed E-state index contributed by atoms with van der Waals surface area (Å²) in [6, 6.07) is 26.4. The molecule has 0 aliphatic heterocycles. The van der Waals surface area contributed by atoms with Crippen molar-refractivity contribution in [3.05, 3.63) is 96.2 Å². The molecule has 4 heteroatoms. The summed E-state index contributed by atoms with van der Waals surface area (Å²) in [6.07, 6.45) is 0.718. The maximum absolute atomic E-state index is 6.23. The van der Waals surface area contributed by atoms with Crippen molar-refractivity contribution in [2.45, 2.75) is 32.1 Å². The van der Waals surface area contributed by atoms with E-state index < -0.39 is 0 Å². The molecule has 0 saturated carbocycles. The van der Waals surface area contributed by atoms with Crippen molar-refractivity contribution >= 4 is 22.2 Å². The van der Waals surface area contributed by atoms with Gasteiger partial charge in [-0.3, -0.25) is 0 Å². The fourth-order valence-electron chi connectivity index (χ4n) is 4.36. The van der Waals surface area contributed by atoms with Gasteiger partial charge in [-0.05, 0) is 41.7 Å². The van der Waals surface area contributed by atoms with Crippen LogP contribution in [-0.2, 0) is 6.42 Å². The number of aromatic nitrogens is 2. The first-order valence-electron chi connectivity index (χ1n) is 10.4.